The Kier molecular flexibility index (Phi) is 4.15. The van der Waals surface area contributed by atoms with Crippen molar-refractivity contribution >= 4 is 21.8 Å². The number of hydrogen-bond donors (Lipinski definition) is 0. The summed E-state index contributed by atoms with van der Waals surface area (Å²) in [4.78, 5) is 9.16. The van der Waals surface area contributed by atoms with E-state index in [-0.39, 0.29) is 5.41 Å². The normalized spacial score (nSPS) is 13.9. The van der Waals surface area contributed by atoms with Gasteiger partial charge in [-0.2, -0.15) is 0 Å². The molecule has 6 aromatic rings. The average molecular weight is 454 g/mol. The highest BCUT2D eigenvalue weighted by Gasteiger charge is 2.37. The molecule has 0 N–H and O–H groups in total. The van der Waals surface area contributed by atoms with Gasteiger partial charge in [0.1, 0.15) is 17.3 Å². The van der Waals surface area contributed by atoms with Crippen molar-refractivity contribution in [2.24, 2.45) is 0 Å². The van der Waals surface area contributed by atoms with Crippen molar-refractivity contribution in [1.82, 2.24) is 14.5 Å². The first-order valence-electron chi connectivity index (χ1n) is 11.8. The third-order valence-electron chi connectivity index (χ3n) is 7.17. The van der Waals surface area contributed by atoms with Crippen molar-refractivity contribution in [2.45, 2.75) is 19.3 Å². The molecule has 0 amide bonds. The largest absolute Gasteiger partial charge is 0.457 e. The number of ether oxygens (including phenoxy) is 1. The van der Waals surface area contributed by atoms with Crippen molar-refractivity contribution in [3.05, 3.63) is 115 Å². The molecular formula is C31H23N3O. The van der Waals surface area contributed by atoms with Gasteiger partial charge in [0.2, 0.25) is 0 Å². The standard InChI is InChI=1S/C31H23N3O/c1-31(2)24-10-4-6-12-26(24)35-27-14-13-23-22-9-3-5-11-25(22)34(30(23)29(27)31)28-18-20(15-17-33-28)21-8-7-16-32-19-21/h3-19H,1-2H3. The van der Waals surface area contributed by atoms with Gasteiger partial charge >= 0.3 is 0 Å². The van der Waals surface area contributed by atoms with E-state index in [1.165, 1.54) is 21.9 Å². The minimum atomic E-state index is -0.253. The predicted octanol–water partition coefficient (Wildman–Crippen LogP) is 7.67. The van der Waals surface area contributed by atoms with Gasteiger partial charge in [0.15, 0.2) is 0 Å². The Balaban J connectivity index is 1.59. The third kappa shape index (κ3) is 2.86. The highest BCUT2D eigenvalue weighted by Crippen LogP contribution is 2.52. The van der Waals surface area contributed by atoms with E-state index in [4.69, 9.17) is 9.72 Å². The highest BCUT2D eigenvalue weighted by molar-refractivity contribution is 6.11. The summed E-state index contributed by atoms with van der Waals surface area (Å²) >= 11 is 0. The van der Waals surface area contributed by atoms with Gasteiger partial charge in [0, 0.05) is 51.5 Å². The second-order valence-electron chi connectivity index (χ2n) is 9.56. The molecule has 0 saturated heterocycles. The molecule has 0 bridgehead atoms. The van der Waals surface area contributed by atoms with Crippen molar-refractivity contribution < 1.29 is 4.74 Å². The Hall–Kier alpha value is -4.44. The van der Waals surface area contributed by atoms with Crippen LogP contribution >= 0.6 is 0 Å². The van der Waals surface area contributed by atoms with Crippen LogP contribution in [-0.2, 0) is 5.41 Å². The van der Waals surface area contributed by atoms with Gasteiger partial charge in [0.05, 0.1) is 11.0 Å². The van der Waals surface area contributed by atoms with Gasteiger partial charge in [-0.05, 0) is 48.0 Å². The number of para-hydroxylation sites is 2. The number of benzene rings is 3. The molecule has 0 radical (unpaired) electrons. The van der Waals surface area contributed by atoms with Crippen LogP contribution in [0.2, 0.25) is 0 Å². The fourth-order valence-electron chi connectivity index (χ4n) is 5.54. The molecule has 0 aliphatic carbocycles. The summed E-state index contributed by atoms with van der Waals surface area (Å²) in [7, 11) is 0. The lowest BCUT2D eigenvalue weighted by atomic mass is 9.75. The maximum absolute atomic E-state index is 6.46. The number of nitrogens with zero attached hydrogens (tertiary/aromatic N) is 3. The second-order valence-corrected chi connectivity index (χ2v) is 9.56. The predicted molar refractivity (Wildman–Crippen MR) is 140 cm³/mol. The molecule has 35 heavy (non-hydrogen) atoms. The number of fused-ring (bicyclic) bond motifs is 6. The zero-order valence-corrected chi connectivity index (χ0v) is 19.6. The van der Waals surface area contributed by atoms with Crippen LogP contribution in [0.25, 0.3) is 38.8 Å². The summed E-state index contributed by atoms with van der Waals surface area (Å²) in [5.74, 6) is 2.69. The number of hydrogen-bond acceptors (Lipinski definition) is 3. The summed E-state index contributed by atoms with van der Waals surface area (Å²) in [6.45, 7) is 4.57. The maximum atomic E-state index is 6.46. The maximum Gasteiger partial charge on any atom is 0.138 e. The fraction of sp³-hybridized carbons (Fsp3) is 0.0968. The summed E-state index contributed by atoms with van der Waals surface area (Å²) in [6, 6.07) is 29.4. The van der Waals surface area contributed by atoms with E-state index in [2.05, 4.69) is 90.1 Å². The zero-order chi connectivity index (χ0) is 23.6. The van der Waals surface area contributed by atoms with Gasteiger partial charge in [0.25, 0.3) is 0 Å². The number of rotatable bonds is 2. The molecule has 1 aliphatic rings. The smallest absolute Gasteiger partial charge is 0.138 e. The van der Waals surface area contributed by atoms with Crippen molar-refractivity contribution in [3.63, 3.8) is 0 Å². The van der Waals surface area contributed by atoms with E-state index in [9.17, 15) is 0 Å². The highest BCUT2D eigenvalue weighted by atomic mass is 16.5. The van der Waals surface area contributed by atoms with Crippen LogP contribution < -0.4 is 4.74 Å². The summed E-state index contributed by atoms with van der Waals surface area (Å²) < 4.78 is 8.75. The first-order chi connectivity index (χ1) is 17.1. The Morgan fingerprint density at radius 2 is 1.60 bits per heavy atom. The van der Waals surface area contributed by atoms with E-state index in [0.29, 0.717) is 0 Å². The Morgan fingerprint density at radius 1 is 0.743 bits per heavy atom. The average Bonchev–Trinajstić information content (AvgIpc) is 3.23. The first-order valence-corrected chi connectivity index (χ1v) is 11.8. The lowest BCUT2D eigenvalue weighted by Gasteiger charge is -2.35. The Bertz CT molecular complexity index is 1750. The molecule has 3 aromatic heterocycles. The van der Waals surface area contributed by atoms with Gasteiger partial charge in [-0.25, -0.2) is 4.98 Å². The van der Waals surface area contributed by atoms with Crippen LogP contribution in [0.15, 0.2) is 104 Å². The van der Waals surface area contributed by atoms with E-state index in [0.717, 1.165) is 39.5 Å². The molecular weight excluding hydrogens is 430 g/mol. The summed E-state index contributed by atoms with van der Waals surface area (Å²) in [5, 5.41) is 2.40. The molecule has 4 nitrogen and oxygen atoms in total. The second kappa shape index (κ2) is 7.28. The van der Waals surface area contributed by atoms with E-state index in [1.54, 1.807) is 6.20 Å². The lowest BCUT2D eigenvalue weighted by Crippen LogP contribution is -2.25. The number of pyridine rings is 2. The molecule has 0 unspecified atom stereocenters. The zero-order valence-electron chi connectivity index (χ0n) is 19.6. The molecule has 0 atom stereocenters. The van der Waals surface area contributed by atoms with Crippen LogP contribution in [0.5, 0.6) is 11.5 Å². The van der Waals surface area contributed by atoms with Gasteiger partial charge in [-0.3, -0.25) is 9.55 Å². The molecule has 0 saturated carbocycles. The molecule has 168 valence electrons. The van der Waals surface area contributed by atoms with E-state index >= 15 is 0 Å². The van der Waals surface area contributed by atoms with Crippen LogP contribution in [0.4, 0.5) is 0 Å². The molecule has 3 aromatic carbocycles. The van der Waals surface area contributed by atoms with Gasteiger partial charge in [-0.1, -0.05) is 56.3 Å². The fourth-order valence-corrected chi connectivity index (χ4v) is 5.54. The van der Waals surface area contributed by atoms with E-state index in [1.807, 2.05) is 30.6 Å². The van der Waals surface area contributed by atoms with Crippen LogP contribution in [0.3, 0.4) is 0 Å². The van der Waals surface area contributed by atoms with Gasteiger partial charge < -0.3 is 4.74 Å². The first kappa shape index (κ1) is 20.0. The molecule has 1 aliphatic heterocycles. The third-order valence-corrected chi connectivity index (χ3v) is 7.17. The number of aromatic nitrogens is 3. The lowest BCUT2D eigenvalue weighted by molar-refractivity contribution is 0.420. The van der Waals surface area contributed by atoms with Crippen molar-refractivity contribution in [3.8, 4) is 28.4 Å². The van der Waals surface area contributed by atoms with Gasteiger partial charge in [-0.15, -0.1) is 0 Å². The minimum Gasteiger partial charge on any atom is -0.457 e. The van der Waals surface area contributed by atoms with E-state index < -0.39 is 0 Å². The van der Waals surface area contributed by atoms with Crippen molar-refractivity contribution in [1.29, 1.82) is 0 Å². The van der Waals surface area contributed by atoms with Crippen molar-refractivity contribution in [2.75, 3.05) is 0 Å². The van der Waals surface area contributed by atoms with Crippen LogP contribution in [-0.4, -0.2) is 14.5 Å². The quantitative estimate of drug-likeness (QED) is 0.270. The summed E-state index contributed by atoms with van der Waals surface area (Å²) in [5.41, 5.74) is 6.53. The SMILES string of the molecule is CC1(C)c2ccccc2Oc2ccc3c4ccccc4n(-c4cc(-c5cccnc5)ccn4)c3c21. The van der Waals surface area contributed by atoms with Crippen LogP contribution in [0, 0.1) is 0 Å². The molecule has 0 fully saturated rings. The molecule has 4 heteroatoms. The molecule has 4 heterocycles. The van der Waals surface area contributed by atoms with Crippen LogP contribution in [0.1, 0.15) is 25.0 Å². The minimum absolute atomic E-state index is 0.253. The monoisotopic (exact) mass is 453 g/mol. The summed E-state index contributed by atoms with van der Waals surface area (Å²) in [6.07, 6.45) is 5.57. The Morgan fingerprint density at radius 3 is 2.49 bits per heavy atom. The topological polar surface area (TPSA) is 39.9 Å². The molecule has 0 spiro atoms. The Labute approximate surface area is 203 Å². The molecule has 7 rings (SSSR count).